The molecule has 2 aromatic rings. The van der Waals surface area contributed by atoms with E-state index in [9.17, 15) is 18.0 Å². The monoisotopic (exact) mass is 462 g/mol. The number of imide groups is 1. The first-order chi connectivity index (χ1) is 15.7. The number of benzene rings is 2. The summed E-state index contributed by atoms with van der Waals surface area (Å²) in [5.74, 6) is -1.60. The Balaban J connectivity index is 1.51. The standard InChI is InChI=1S/C26H26N2O4S/c1-16(2)18-6-9-20(10-7-18)28-25(29)22-13-8-19-14-15-27(24(19)23(22)26(28)30)33(31,32)21-11-4-17(3)5-12-21/h4-12,14-16,22-24H,13H2,1-3H3/t22-,23-,24+/m1/s1. The van der Waals surface area contributed by atoms with Crippen LogP contribution in [0.3, 0.4) is 0 Å². The van der Waals surface area contributed by atoms with E-state index in [-0.39, 0.29) is 16.7 Å². The Labute approximate surface area is 194 Å². The maximum atomic E-state index is 13.6. The summed E-state index contributed by atoms with van der Waals surface area (Å²) in [5, 5.41) is 0. The Bertz CT molecular complexity index is 1290. The number of carbonyl (C=O) groups is 2. The molecule has 3 atom stereocenters. The summed E-state index contributed by atoms with van der Waals surface area (Å²) >= 11 is 0. The minimum atomic E-state index is -3.88. The molecule has 0 aromatic heterocycles. The fourth-order valence-electron chi connectivity index (χ4n) is 4.99. The van der Waals surface area contributed by atoms with E-state index in [0.29, 0.717) is 18.0 Å². The molecule has 0 radical (unpaired) electrons. The van der Waals surface area contributed by atoms with E-state index in [0.717, 1.165) is 16.7 Å². The van der Waals surface area contributed by atoms with Gasteiger partial charge in [-0.15, -0.1) is 0 Å². The second-order valence-corrected chi connectivity index (χ2v) is 11.1. The lowest BCUT2D eigenvalue weighted by Gasteiger charge is -2.34. The van der Waals surface area contributed by atoms with Crippen LogP contribution in [0.2, 0.25) is 0 Å². The second kappa shape index (κ2) is 7.70. The van der Waals surface area contributed by atoms with Gasteiger partial charge in [-0.1, -0.05) is 49.8 Å². The number of nitrogens with zero attached hydrogens (tertiary/aromatic N) is 2. The first-order valence-electron chi connectivity index (χ1n) is 11.2. The number of hydrogen-bond acceptors (Lipinski definition) is 4. The summed E-state index contributed by atoms with van der Waals surface area (Å²) in [7, 11) is -3.88. The molecule has 2 aromatic carbocycles. The van der Waals surface area contributed by atoms with E-state index >= 15 is 0 Å². The molecular weight excluding hydrogens is 436 g/mol. The van der Waals surface area contributed by atoms with E-state index in [1.807, 2.05) is 25.1 Å². The van der Waals surface area contributed by atoms with Crippen molar-refractivity contribution in [2.75, 3.05) is 4.90 Å². The normalized spacial score (nSPS) is 24.4. The summed E-state index contributed by atoms with van der Waals surface area (Å²) in [6.07, 6.45) is 5.57. The maximum absolute atomic E-state index is 13.6. The van der Waals surface area contributed by atoms with Crippen molar-refractivity contribution in [3.63, 3.8) is 0 Å². The number of hydrogen-bond donors (Lipinski definition) is 0. The van der Waals surface area contributed by atoms with Crippen LogP contribution in [-0.2, 0) is 19.6 Å². The van der Waals surface area contributed by atoms with Gasteiger partial charge < -0.3 is 0 Å². The van der Waals surface area contributed by atoms with E-state index in [2.05, 4.69) is 13.8 Å². The average molecular weight is 463 g/mol. The zero-order chi connectivity index (χ0) is 23.5. The predicted molar refractivity (Wildman–Crippen MR) is 126 cm³/mol. The fourth-order valence-corrected chi connectivity index (χ4v) is 6.49. The highest BCUT2D eigenvalue weighted by Crippen LogP contribution is 2.46. The van der Waals surface area contributed by atoms with Crippen LogP contribution in [0.4, 0.5) is 5.69 Å². The van der Waals surface area contributed by atoms with Crippen molar-refractivity contribution in [3.8, 4) is 0 Å². The number of allylic oxidation sites excluding steroid dienone is 1. The molecule has 3 aliphatic rings. The molecule has 1 fully saturated rings. The third-order valence-electron chi connectivity index (χ3n) is 6.87. The highest BCUT2D eigenvalue weighted by molar-refractivity contribution is 7.89. The summed E-state index contributed by atoms with van der Waals surface area (Å²) in [6.45, 7) is 6.06. The number of amides is 2. The molecule has 0 saturated carbocycles. The molecule has 1 saturated heterocycles. The van der Waals surface area contributed by atoms with E-state index < -0.39 is 27.9 Å². The number of sulfonamides is 1. The van der Waals surface area contributed by atoms with Crippen LogP contribution in [0.15, 0.2) is 77.4 Å². The Hall–Kier alpha value is -3.19. The van der Waals surface area contributed by atoms with Gasteiger partial charge in [0.25, 0.3) is 10.0 Å². The lowest BCUT2D eigenvalue weighted by atomic mass is 9.78. The number of anilines is 1. The molecule has 0 spiro atoms. The Morgan fingerprint density at radius 2 is 1.61 bits per heavy atom. The molecule has 2 amide bonds. The summed E-state index contributed by atoms with van der Waals surface area (Å²) in [6, 6.07) is 13.4. The van der Waals surface area contributed by atoms with Gasteiger partial charge in [0.2, 0.25) is 11.8 Å². The van der Waals surface area contributed by atoms with E-state index in [4.69, 9.17) is 0 Å². The number of carbonyl (C=O) groups excluding carboxylic acids is 2. The smallest absolute Gasteiger partial charge is 0.264 e. The minimum absolute atomic E-state index is 0.166. The van der Waals surface area contributed by atoms with Gasteiger partial charge in [-0.25, -0.2) is 13.3 Å². The first-order valence-corrected chi connectivity index (χ1v) is 12.6. The van der Waals surface area contributed by atoms with Gasteiger partial charge in [0.05, 0.1) is 28.5 Å². The summed E-state index contributed by atoms with van der Waals surface area (Å²) < 4.78 is 28.2. The van der Waals surface area contributed by atoms with Crippen molar-refractivity contribution >= 4 is 27.5 Å². The highest BCUT2D eigenvalue weighted by atomic mass is 32.2. The van der Waals surface area contributed by atoms with Crippen LogP contribution in [0, 0.1) is 18.8 Å². The minimum Gasteiger partial charge on any atom is -0.274 e. The molecule has 0 unspecified atom stereocenters. The third-order valence-corrected chi connectivity index (χ3v) is 8.64. The Morgan fingerprint density at radius 1 is 0.939 bits per heavy atom. The van der Waals surface area contributed by atoms with Gasteiger partial charge >= 0.3 is 0 Å². The van der Waals surface area contributed by atoms with Crippen LogP contribution in [0.1, 0.15) is 37.3 Å². The van der Waals surface area contributed by atoms with E-state index in [1.54, 1.807) is 42.5 Å². The van der Waals surface area contributed by atoms with E-state index in [1.165, 1.54) is 15.4 Å². The molecule has 1 aliphatic carbocycles. The van der Waals surface area contributed by atoms with Gasteiger partial charge in [0.15, 0.2) is 0 Å². The summed E-state index contributed by atoms with van der Waals surface area (Å²) in [5.41, 5.74) is 3.38. The van der Waals surface area contributed by atoms with Gasteiger partial charge in [-0.05, 0) is 60.7 Å². The molecule has 7 heteroatoms. The molecule has 2 aliphatic heterocycles. The quantitative estimate of drug-likeness (QED) is 0.640. The third kappa shape index (κ3) is 3.33. The van der Waals surface area contributed by atoms with Crippen LogP contribution in [0.25, 0.3) is 0 Å². The molecule has 0 bridgehead atoms. The van der Waals surface area contributed by atoms with Crippen LogP contribution in [0.5, 0.6) is 0 Å². The van der Waals surface area contributed by atoms with Crippen molar-refractivity contribution in [3.05, 3.63) is 83.6 Å². The lowest BCUT2D eigenvalue weighted by Crippen LogP contribution is -2.45. The van der Waals surface area contributed by atoms with Gasteiger partial charge in [-0.2, -0.15) is 0 Å². The van der Waals surface area contributed by atoms with Crippen molar-refractivity contribution in [1.82, 2.24) is 4.31 Å². The number of aryl methyl sites for hydroxylation is 1. The van der Waals surface area contributed by atoms with Crippen LogP contribution in [-0.4, -0.2) is 30.6 Å². The zero-order valence-electron chi connectivity index (χ0n) is 18.8. The summed E-state index contributed by atoms with van der Waals surface area (Å²) in [4.78, 5) is 28.3. The average Bonchev–Trinajstić information content (AvgIpc) is 3.33. The molecule has 2 heterocycles. The first kappa shape index (κ1) is 21.6. The molecular formula is C26H26N2O4S. The second-order valence-electron chi connectivity index (χ2n) is 9.24. The highest BCUT2D eigenvalue weighted by Gasteiger charge is 2.56. The largest absolute Gasteiger partial charge is 0.274 e. The van der Waals surface area contributed by atoms with Crippen molar-refractivity contribution in [2.45, 2.75) is 44.0 Å². The number of fused-ring (bicyclic) bond motifs is 3. The Kier molecular flexibility index (Phi) is 5.05. The number of rotatable bonds is 4. The topological polar surface area (TPSA) is 74.8 Å². The Morgan fingerprint density at radius 3 is 2.24 bits per heavy atom. The zero-order valence-corrected chi connectivity index (χ0v) is 19.6. The fraction of sp³-hybridized carbons (Fsp3) is 0.308. The van der Waals surface area contributed by atoms with Gasteiger partial charge in [0.1, 0.15) is 0 Å². The predicted octanol–water partition coefficient (Wildman–Crippen LogP) is 4.14. The molecule has 6 nitrogen and oxygen atoms in total. The lowest BCUT2D eigenvalue weighted by molar-refractivity contribution is -0.122. The SMILES string of the molecule is Cc1ccc(S(=O)(=O)N2C=CC3=CC[C@H]4C(=O)N(c5ccc(C(C)C)cc5)C(=O)[C@H]4[C@H]32)cc1. The van der Waals surface area contributed by atoms with Crippen LogP contribution < -0.4 is 4.90 Å². The molecule has 170 valence electrons. The maximum Gasteiger partial charge on any atom is 0.264 e. The molecule has 5 rings (SSSR count). The van der Waals surface area contributed by atoms with Crippen LogP contribution >= 0.6 is 0 Å². The molecule has 0 N–H and O–H groups in total. The molecule has 33 heavy (non-hydrogen) atoms. The van der Waals surface area contributed by atoms with Gasteiger partial charge in [0, 0.05) is 6.20 Å². The van der Waals surface area contributed by atoms with Crippen molar-refractivity contribution < 1.29 is 18.0 Å². The van der Waals surface area contributed by atoms with Gasteiger partial charge in [-0.3, -0.25) is 13.9 Å². The van der Waals surface area contributed by atoms with Crippen molar-refractivity contribution in [2.24, 2.45) is 11.8 Å². The van der Waals surface area contributed by atoms with Crippen molar-refractivity contribution in [1.29, 1.82) is 0 Å².